The average molecular weight is 228 g/mol. The van der Waals surface area contributed by atoms with Crippen LogP contribution in [0.3, 0.4) is 0 Å². The van der Waals surface area contributed by atoms with Crippen molar-refractivity contribution in [2.24, 2.45) is 5.73 Å². The molecule has 1 aliphatic carbocycles. The number of nitrogens with one attached hydrogen (secondary N) is 1. The molecule has 0 amide bonds. The van der Waals surface area contributed by atoms with Gasteiger partial charge in [0.25, 0.3) is 0 Å². The first-order valence-corrected chi connectivity index (χ1v) is 6.36. The fourth-order valence-electron chi connectivity index (χ4n) is 2.61. The van der Waals surface area contributed by atoms with Crippen LogP contribution in [0.2, 0.25) is 0 Å². The van der Waals surface area contributed by atoms with Gasteiger partial charge in [0.2, 0.25) is 0 Å². The van der Waals surface area contributed by atoms with Crippen LogP contribution in [0.4, 0.5) is 0 Å². The smallest absolute Gasteiger partial charge is 0.106 e. The quantitative estimate of drug-likeness (QED) is 0.742. The molecule has 0 radical (unpaired) electrons. The molecule has 2 aliphatic rings. The maximum atomic E-state index is 5.89. The molecule has 1 aliphatic heterocycles. The summed E-state index contributed by atoms with van der Waals surface area (Å²) in [6.07, 6.45) is 5.69. The number of ether oxygens (including phenoxy) is 2. The van der Waals surface area contributed by atoms with Crippen LogP contribution in [0.15, 0.2) is 0 Å². The second-order valence-electron chi connectivity index (χ2n) is 5.18. The van der Waals surface area contributed by atoms with Crippen molar-refractivity contribution < 1.29 is 9.47 Å². The van der Waals surface area contributed by atoms with Gasteiger partial charge in [0, 0.05) is 38.8 Å². The molecule has 2 fully saturated rings. The standard InChI is InChI=1S/C12H24N2O2/c1-15-12(6-7-16-9-12)8-14-11-4-2-10(13)3-5-11/h10-11,14H,2-9,13H2,1H3. The van der Waals surface area contributed by atoms with E-state index in [1.807, 2.05) is 0 Å². The number of hydrogen-bond acceptors (Lipinski definition) is 4. The molecule has 4 heteroatoms. The van der Waals surface area contributed by atoms with E-state index in [0.717, 1.165) is 39.0 Å². The third kappa shape index (κ3) is 2.94. The SMILES string of the molecule is COC1(CNC2CCC(N)CC2)CCOC1. The van der Waals surface area contributed by atoms with Crippen LogP contribution in [-0.4, -0.2) is 44.6 Å². The summed E-state index contributed by atoms with van der Waals surface area (Å²) in [6, 6.07) is 1.04. The lowest BCUT2D eigenvalue weighted by Crippen LogP contribution is -2.48. The molecule has 0 spiro atoms. The Labute approximate surface area is 97.9 Å². The summed E-state index contributed by atoms with van der Waals surface area (Å²) in [4.78, 5) is 0. The molecule has 3 N–H and O–H groups in total. The fraction of sp³-hybridized carbons (Fsp3) is 1.00. The van der Waals surface area contributed by atoms with Crippen molar-refractivity contribution in [3.8, 4) is 0 Å². The number of hydrogen-bond donors (Lipinski definition) is 2. The Kier molecular flexibility index (Phi) is 4.19. The van der Waals surface area contributed by atoms with Crippen molar-refractivity contribution in [1.29, 1.82) is 0 Å². The molecule has 16 heavy (non-hydrogen) atoms. The van der Waals surface area contributed by atoms with Crippen LogP contribution in [0, 0.1) is 0 Å². The van der Waals surface area contributed by atoms with Crippen LogP contribution in [-0.2, 0) is 9.47 Å². The van der Waals surface area contributed by atoms with E-state index >= 15 is 0 Å². The Morgan fingerprint density at radius 3 is 2.69 bits per heavy atom. The van der Waals surface area contributed by atoms with E-state index in [4.69, 9.17) is 15.2 Å². The van der Waals surface area contributed by atoms with Crippen LogP contribution in [0.1, 0.15) is 32.1 Å². The van der Waals surface area contributed by atoms with Gasteiger partial charge in [-0.1, -0.05) is 0 Å². The molecule has 0 aromatic rings. The largest absolute Gasteiger partial charge is 0.378 e. The van der Waals surface area contributed by atoms with E-state index in [2.05, 4.69) is 5.32 Å². The minimum absolute atomic E-state index is 0.0838. The lowest BCUT2D eigenvalue weighted by atomic mass is 9.91. The van der Waals surface area contributed by atoms with Crippen LogP contribution < -0.4 is 11.1 Å². The molecule has 0 aromatic carbocycles. The van der Waals surface area contributed by atoms with E-state index < -0.39 is 0 Å². The molecule has 0 aromatic heterocycles. The van der Waals surface area contributed by atoms with E-state index in [1.165, 1.54) is 12.8 Å². The average Bonchev–Trinajstić information content (AvgIpc) is 2.78. The lowest BCUT2D eigenvalue weighted by molar-refractivity contribution is -0.0182. The van der Waals surface area contributed by atoms with E-state index in [0.29, 0.717) is 12.1 Å². The highest BCUT2D eigenvalue weighted by Gasteiger charge is 2.35. The molecular formula is C12H24N2O2. The van der Waals surface area contributed by atoms with Gasteiger partial charge in [-0.25, -0.2) is 0 Å². The first kappa shape index (κ1) is 12.3. The monoisotopic (exact) mass is 228 g/mol. The zero-order valence-electron chi connectivity index (χ0n) is 10.2. The molecule has 1 saturated heterocycles. The molecule has 1 heterocycles. The maximum Gasteiger partial charge on any atom is 0.106 e. The van der Waals surface area contributed by atoms with Gasteiger partial charge in [0.05, 0.1) is 6.61 Å². The fourth-order valence-corrected chi connectivity index (χ4v) is 2.61. The Hall–Kier alpha value is -0.160. The van der Waals surface area contributed by atoms with Gasteiger partial charge in [0.15, 0.2) is 0 Å². The molecule has 4 nitrogen and oxygen atoms in total. The molecule has 94 valence electrons. The molecule has 1 atom stereocenters. The van der Waals surface area contributed by atoms with Gasteiger partial charge in [-0.2, -0.15) is 0 Å². The number of nitrogens with two attached hydrogens (primary N) is 1. The first-order valence-electron chi connectivity index (χ1n) is 6.36. The van der Waals surface area contributed by atoms with Crippen molar-refractivity contribution in [2.45, 2.75) is 49.8 Å². The number of rotatable bonds is 4. The topological polar surface area (TPSA) is 56.5 Å². The normalized spacial score (nSPS) is 40.1. The predicted molar refractivity (Wildman–Crippen MR) is 63.4 cm³/mol. The summed E-state index contributed by atoms with van der Waals surface area (Å²) >= 11 is 0. The van der Waals surface area contributed by atoms with Crippen molar-refractivity contribution in [3.63, 3.8) is 0 Å². The van der Waals surface area contributed by atoms with Gasteiger partial charge in [-0.05, 0) is 25.7 Å². The Bertz CT molecular complexity index is 209. The van der Waals surface area contributed by atoms with Crippen molar-refractivity contribution >= 4 is 0 Å². The zero-order chi connectivity index (χ0) is 11.4. The van der Waals surface area contributed by atoms with E-state index in [-0.39, 0.29) is 5.60 Å². The van der Waals surface area contributed by atoms with Gasteiger partial charge >= 0.3 is 0 Å². The van der Waals surface area contributed by atoms with Gasteiger partial charge in [-0.15, -0.1) is 0 Å². The molecule has 2 rings (SSSR count). The van der Waals surface area contributed by atoms with Gasteiger partial charge < -0.3 is 20.5 Å². The van der Waals surface area contributed by atoms with Crippen molar-refractivity contribution in [3.05, 3.63) is 0 Å². The third-order valence-corrected chi connectivity index (χ3v) is 3.98. The van der Waals surface area contributed by atoms with Crippen LogP contribution >= 0.6 is 0 Å². The minimum atomic E-state index is -0.0838. The second kappa shape index (κ2) is 5.45. The predicted octanol–water partition coefficient (Wildman–Crippen LogP) is 0.651. The molecule has 0 bridgehead atoms. The highest BCUT2D eigenvalue weighted by Crippen LogP contribution is 2.23. The summed E-state index contributed by atoms with van der Waals surface area (Å²) in [6.45, 7) is 2.46. The van der Waals surface area contributed by atoms with E-state index in [1.54, 1.807) is 7.11 Å². The Balaban J connectivity index is 1.73. The van der Waals surface area contributed by atoms with Gasteiger partial charge in [-0.3, -0.25) is 0 Å². The first-order chi connectivity index (χ1) is 7.74. The minimum Gasteiger partial charge on any atom is -0.378 e. The van der Waals surface area contributed by atoms with Gasteiger partial charge in [0.1, 0.15) is 5.60 Å². The maximum absolute atomic E-state index is 5.89. The summed E-state index contributed by atoms with van der Waals surface area (Å²) in [5, 5.41) is 3.62. The van der Waals surface area contributed by atoms with Crippen LogP contribution in [0.25, 0.3) is 0 Å². The highest BCUT2D eigenvalue weighted by molar-refractivity contribution is 4.89. The lowest BCUT2D eigenvalue weighted by Gasteiger charge is -2.32. The van der Waals surface area contributed by atoms with Crippen molar-refractivity contribution in [2.75, 3.05) is 26.9 Å². The zero-order valence-corrected chi connectivity index (χ0v) is 10.2. The Morgan fingerprint density at radius 1 is 1.38 bits per heavy atom. The van der Waals surface area contributed by atoms with E-state index in [9.17, 15) is 0 Å². The summed E-state index contributed by atoms with van der Waals surface area (Å²) in [7, 11) is 1.78. The summed E-state index contributed by atoms with van der Waals surface area (Å²) in [5.74, 6) is 0. The molecule has 1 saturated carbocycles. The molecular weight excluding hydrogens is 204 g/mol. The summed E-state index contributed by atoms with van der Waals surface area (Å²) < 4.78 is 11.0. The highest BCUT2D eigenvalue weighted by atomic mass is 16.5. The second-order valence-corrected chi connectivity index (χ2v) is 5.18. The molecule has 1 unspecified atom stereocenters. The van der Waals surface area contributed by atoms with Crippen LogP contribution in [0.5, 0.6) is 0 Å². The Morgan fingerprint density at radius 2 is 2.12 bits per heavy atom. The number of methoxy groups -OCH3 is 1. The van der Waals surface area contributed by atoms with Crippen molar-refractivity contribution in [1.82, 2.24) is 5.32 Å². The third-order valence-electron chi connectivity index (χ3n) is 3.98. The summed E-state index contributed by atoms with van der Waals surface area (Å²) in [5.41, 5.74) is 5.81.